The molecule has 23 heavy (non-hydrogen) atoms. The fraction of sp³-hybridized carbons (Fsp3) is 0.733. The molecule has 0 bridgehead atoms. The van der Waals surface area contributed by atoms with Gasteiger partial charge in [-0.25, -0.2) is 0 Å². The fourth-order valence-corrected chi connectivity index (χ4v) is 2.30. The maximum Gasteiger partial charge on any atom is 0.306 e. The van der Waals surface area contributed by atoms with Gasteiger partial charge in [-0.15, -0.1) is 0 Å². The maximum absolute atomic E-state index is 12.2. The van der Waals surface area contributed by atoms with E-state index in [1.54, 1.807) is 4.90 Å². The van der Waals surface area contributed by atoms with Crippen LogP contribution in [0.1, 0.15) is 45.3 Å². The van der Waals surface area contributed by atoms with Crippen LogP contribution in [0.2, 0.25) is 0 Å². The monoisotopic (exact) mass is 325 g/mol. The summed E-state index contributed by atoms with van der Waals surface area (Å²) < 4.78 is 10.5. The van der Waals surface area contributed by atoms with E-state index in [4.69, 9.17) is 14.4 Å². The van der Waals surface area contributed by atoms with Crippen LogP contribution in [0.15, 0.2) is 4.52 Å². The van der Waals surface area contributed by atoms with Crippen molar-refractivity contribution in [3.05, 3.63) is 11.7 Å². The predicted octanol–water partition coefficient (Wildman–Crippen LogP) is 1.00. The molecule has 1 N–H and O–H groups in total. The third kappa shape index (κ3) is 5.02. The second-order valence-corrected chi connectivity index (χ2v) is 6.69. The minimum Gasteiger partial charge on any atom is -0.481 e. The van der Waals surface area contributed by atoms with Gasteiger partial charge in [0.05, 0.1) is 19.1 Å². The average Bonchev–Trinajstić information content (AvgIpc) is 2.93. The second kappa shape index (κ2) is 7.08. The zero-order valence-corrected chi connectivity index (χ0v) is 13.7. The number of rotatable bonds is 5. The number of hydrogen-bond acceptors (Lipinski definition) is 6. The smallest absolute Gasteiger partial charge is 0.306 e. The molecule has 0 spiro atoms. The first kappa shape index (κ1) is 17.4. The quantitative estimate of drug-likeness (QED) is 0.860. The first-order valence-electron chi connectivity index (χ1n) is 7.70. The van der Waals surface area contributed by atoms with Crippen LogP contribution in [-0.4, -0.2) is 57.8 Å². The van der Waals surface area contributed by atoms with Crippen LogP contribution in [0.3, 0.4) is 0 Å². The Labute approximate surface area is 134 Å². The molecule has 2 rings (SSSR count). The van der Waals surface area contributed by atoms with Crippen molar-refractivity contribution in [2.45, 2.75) is 51.6 Å². The molecule has 0 aromatic carbocycles. The van der Waals surface area contributed by atoms with Crippen molar-refractivity contribution in [3.63, 3.8) is 0 Å². The molecule has 128 valence electrons. The van der Waals surface area contributed by atoms with Crippen molar-refractivity contribution in [3.8, 4) is 0 Å². The van der Waals surface area contributed by atoms with E-state index >= 15 is 0 Å². The molecular formula is C15H23N3O5. The van der Waals surface area contributed by atoms with E-state index in [1.807, 2.05) is 20.8 Å². The number of carboxylic acid groups (broad SMARTS) is 1. The van der Waals surface area contributed by atoms with Gasteiger partial charge in [0.1, 0.15) is 0 Å². The topological polar surface area (TPSA) is 106 Å². The highest BCUT2D eigenvalue weighted by molar-refractivity contribution is 5.76. The Morgan fingerprint density at radius 3 is 2.74 bits per heavy atom. The van der Waals surface area contributed by atoms with Crippen molar-refractivity contribution in [2.24, 2.45) is 0 Å². The molecule has 1 atom stereocenters. The third-order valence-electron chi connectivity index (χ3n) is 3.59. The van der Waals surface area contributed by atoms with E-state index in [9.17, 15) is 9.59 Å². The maximum atomic E-state index is 12.2. The number of carboxylic acids is 1. The van der Waals surface area contributed by atoms with E-state index in [0.29, 0.717) is 37.8 Å². The van der Waals surface area contributed by atoms with Crippen LogP contribution in [-0.2, 0) is 26.2 Å². The van der Waals surface area contributed by atoms with Crippen LogP contribution in [0.4, 0.5) is 0 Å². The molecule has 1 aromatic rings. The normalized spacial score (nSPS) is 18.9. The molecule has 2 heterocycles. The van der Waals surface area contributed by atoms with Crippen molar-refractivity contribution < 1.29 is 24.0 Å². The SMILES string of the molecule is CC(C)(C)c1noc(CCC(=O)N2CCO[C@@H](CC(=O)O)C2)n1. The van der Waals surface area contributed by atoms with Gasteiger partial charge in [-0.1, -0.05) is 25.9 Å². The lowest BCUT2D eigenvalue weighted by Crippen LogP contribution is -2.46. The summed E-state index contributed by atoms with van der Waals surface area (Å²) in [4.78, 5) is 28.9. The molecule has 1 aliphatic heterocycles. The second-order valence-electron chi connectivity index (χ2n) is 6.69. The summed E-state index contributed by atoms with van der Waals surface area (Å²) in [6, 6.07) is 0. The molecule has 1 saturated heterocycles. The van der Waals surface area contributed by atoms with Crippen molar-refractivity contribution in [1.82, 2.24) is 15.0 Å². The first-order valence-corrected chi connectivity index (χ1v) is 7.70. The summed E-state index contributed by atoms with van der Waals surface area (Å²) >= 11 is 0. The highest BCUT2D eigenvalue weighted by Crippen LogP contribution is 2.19. The standard InChI is InChI=1S/C15H23N3O5/c1-15(2,3)14-16-11(23-17-14)4-5-12(19)18-6-7-22-10(9-18)8-13(20)21/h10H,4-9H2,1-3H3,(H,20,21)/t10-/m0/s1. The fourth-order valence-electron chi connectivity index (χ4n) is 2.30. The lowest BCUT2D eigenvalue weighted by atomic mass is 9.96. The summed E-state index contributed by atoms with van der Waals surface area (Å²) in [7, 11) is 0. The third-order valence-corrected chi connectivity index (χ3v) is 3.59. The Morgan fingerprint density at radius 2 is 2.13 bits per heavy atom. The Morgan fingerprint density at radius 1 is 1.39 bits per heavy atom. The predicted molar refractivity (Wildman–Crippen MR) is 79.9 cm³/mol. The number of carbonyl (C=O) groups excluding carboxylic acids is 1. The van der Waals surface area contributed by atoms with Crippen molar-refractivity contribution >= 4 is 11.9 Å². The van der Waals surface area contributed by atoms with E-state index < -0.39 is 12.1 Å². The van der Waals surface area contributed by atoms with Gasteiger partial charge in [-0.3, -0.25) is 9.59 Å². The number of amides is 1. The van der Waals surface area contributed by atoms with E-state index in [1.165, 1.54) is 0 Å². The Hall–Kier alpha value is -1.96. The van der Waals surface area contributed by atoms with Gasteiger partial charge in [0.2, 0.25) is 11.8 Å². The molecule has 8 heteroatoms. The number of aliphatic carboxylic acids is 1. The summed E-state index contributed by atoms with van der Waals surface area (Å²) in [6.45, 7) is 7.11. The lowest BCUT2D eigenvalue weighted by Gasteiger charge is -2.32. The molecule has 1 amide bonds. The molecule has 0 radical (unpaired) electrons. The number of nitrogens with zero attached hydrogens (tertiary/aromatic N) is 3. The Balaban J connectivity index is 1.84. The molecule has 1 aromatic heterocycles. The largest absolute Gasteiger partial charge is 0.481 e. The lowest BCUT2D eigenvalue weighted by molar-refractivity contribution is -0.147. The van der Waals surface area contributed by atoms with Crippen LogP contribution >= 0.6 is 0 Å². The van der Waals surface area contributed by atoms with E-state index in [2.05, 4.69) is 10.1 Å². The summed E-state index contributed by atoms with van der Waals surface area (Å²) in [5, 5.41) is 12.7. The molecule has 0 aliphatic carbocycles. The minimum absolute atomic E-state index is 0.0563. The number of hydrogen-bond donors (Lipinski definition) is 1. The zero-order chi connectivity index (χ0) is 17.0. The van der Waals surface area contributed by atoms with E-state index in [0.717, 1.165) is 0 Å². The Kier molecular flexibility index (Phi) is 5.35. The van der Waals surface area contributed by atoms with Crippen molar-refractivity contribution in [1.29, 1.82) is 0 Å². The summed E-state index contributed by atoms with van der Waals surface area (Å²) in [5.74, 6) is 0.0792. The van der Waals surface area contributed by atoms with Gasteiger partial charge in [0, 0.05) is 31.3 Å². The minimum atomic E-state index is -0.926. The Bertz CT molecular complexity index is 564. The highest BCUT2D eigenvalue weighted by Gasteiger charge is 2.26. The van der Waals surface area contributed by atoms with Gasteiger partial charge in [0.25, 0.3) is 0 Å². The highest BCUT2D eigenvalue weighted by atomic mass is 16.5. The van der Waals surface area contributed by atoms with Crippen LogP contribution in [0.5, 0.6) is 0 Å². The van der Waals surface area contributed by atoms with Gasteiger partial charge >= 0.3 is 5.97 Å². The molecular weight excluding hydrogens is 302 g/mol. The average molecular weight is 325 g/mol. The first-order chi connectivity index (χ1) is 10.8. The van der Waals surface area contributed by atoms with Gasteiger partial charge in [0.15, 0.2) is 5.82 Å². The summed E-state index contributed by atoms with van der Waals surface area (Å²) in [5.41, 5.74) is -0.194. The molecule has 0 unspecified atom stereocenters. The van der Waals surface area contributed by atoms with Gasteiger partial charge in [-0.05, 0) is 0 Å². The molecule has 0 saturated carbocycles. The number of aryl methyl sites for hydroxylation is 1. The van der Waals surface area contributed by atoms with Gasteiger partial charge in [-0.2, -0.15) is 4.98 Å². The zero-order valence-electron chi connectivity index (χ0n) is 13.7. The van der Waals surface area contributed by atoms with Crippen LogP contribution in [0, 0.1) is 0 Å². The molecule has 8 nitrogen and oxygen atoms in total. The van der Waals surface area contributed by atoms with E-state index in [-0.39, 0.29) is 24.2 Å². The molecule has 1 fully saturated rings. The number of ether oxygens (including phenoxy) is 1. The van der Waals surface area contributed by atoms with Crippen LogP contribution < -0.4 is 0 Å². The number of morpholine rings is 1. The van der Waals surface area contributed by atoms with Gasteiger partial charge < -0.3 is 19.3 Å². The van der Waals surface area contributed by atoms with Crippen LogP contribution in [0.25, 0.3) is 0 Å². The number of aromatic nitrogens is 2. The summed E-state index contributed by atoms with van der Waals surface area (Å²) in [6.07, 6.45) is 0.0951. The van der Waals surface area contributed by atoms with Crippen molar-refractivity contribution in [2.75, 3.05) is 19.7 Å². The number of carbonyl (C=O) groups is 2. The molecule has 1 aliphatic rings.